The van der Waals surface area contributed by atoms with Crippen molar-refractivity contribution in [1.82, 2.24) is 16.0 Å². The van der Waals surface area contributed by atoms with E-state index < -0.39 is 35.9 Å². The van der Waals surface area contributed by atoms with E-state index in [1.165, 1.54) is 7.11 Å². The van der Waals surface area contributed by atoms with Gasteiger partial charge in [0.1, 0.15) is 18.1 Å². The minimum Gasteiger partial charge on any atom is -0.467 e. The molecular formula is C24H27N3O5. The van der Waals surface area contributed by atoms with Crippen molar-refractivity contribution in [2.24, 2.45) is 0 Å². The van der Waals surface area contributed by atoms with Crippen molar-refractivity contribution in [3.05, 3.63) is 71.8 Å². The summed E-state index contributed by atoms with van der Waals surface area (Å²) in [5, 5.41) is 8.07. The number of carbonyl (C=O) groups is 4. The van der Waals surface area contributed by atoms with Gasteiger partial charge in [-0.1, -0.05) is 60.7 Å². The average molecular weight is 437 g/mol. The molecule has 3 amide bonds. The van der Waals surface area contributed by atoms with E-state index in [9.17, 15) is 19.2 Å². The highest BCUT2D eigenvalue weighted by Gasteiger charge is 2.32. The first-order chi connectivity index (χ1) is 15.5. The topological polar surface area (TPSA) is 114 Å². The first-order valence-electron chi connectivity index (χ1n) is 10.5. The van der Waals surface area contributed by atoms with E-state index in [1.807, 2.05) is 60.7 Å². The van der Waals surface area contributed by atoms with Crippen LogP contribution in [0.2, 0.25) is 0 Å². The van der Waals surface area contributed by atoms with Crippen LogP contribution >= 0.6 is 0 Å². The fraction of sp³-hybridized carbons (Fsp3) is 0.333. The van der Waals surface area contributed by atoms with E-state index in [4.69, 9.17) is 4.74 Å². The maximum absolute atomic E-state index is 13.2. The second-order valence-corrected chi connectivity index (χ2v) is 7.68. The fourth-order valence-corrected chi connectivity index (χ4v) is 3.60. The van der Waals surface area contributed by atoms with E-state index in [0.717, 1.165) is 11.1 Å². The molecule has 3 N–H and O–H groups in total. The Kier molecular flexibility index (Phi) is 7.96. The number of nitrogens with one attached hydrogen (secondary N) is 3. The summed E-state index contributed by atoms with van der Waals surface area (Å²) in [6.45, 7) is 0. The molecule has 2 aromatic carbocycles. The Morgan fingerprint density at radius 3 is 2.00 bits per heavy atom. The van der Waals surface area contributed by atoms with Crippen LogP contribution in [0.1, 0.15) is 24.0 Å². The van der Waals surface area contributed by atoms with Gasteiger partial charge in [0.15, 0.2) is 0 Å². The Morgan fingerprint density at radius 2 is 1.50 bits per heavy atom. The summed E-state index contributed by atoms with van der Waals surface area (Å²) in [7, 11) is 1.26. The van der Waals surface area contributed by atoms with Gasteiger partial charge >= 0.3 is 5.97 Å². The van der Waals surface area contributed by atoms with Gasteiger partial charge in [0, 0.05) is 19.3 Å². The number of rotatable bonds is 9. The summed E-state index contributed by atoms with van der Waals surface area (Å²) < 4.78 is 4.87. The van der Waals surface area contributed by atoms with Gasteiger partial charge in [0.25, 0.3) is 0 Å². The van der Waals surface area contributed by atoms with E-state index in [2.05, 4.69) is 16.0 Å². The van der Waals surface area contributed by atoms with Crippen LogP contribution in [-0.2, 0) is 36.8 Å². The molecule has 0 saturated carbocycles. The third-order valence-corrected chi connectivity index (χ3v) is 5.31. The summed E-state index contributed by atoms with van der Waals surface area (Å²) in [6.07, 6.45) is 1.14. The van der Waals surface area contributed by atoms with Crippen molar-refractivity contribution < 1.29 is 23.9 Å². The van der Waals surface area contributed by atoms with Crippen molar-refractivity contribution in [3.63, 3.8) is 0 Å². The van der Waals surface area contributed by atoms with Gasteiger partial charge in [-0.3, -0.25) is 14.4 Å². The van der Waals surface area contributed by atoms with Crippen LogP contribution in [0.5, 0.6) is 0 Å². The van der Waals surface area contributed by atoms with Crippen LogP contribution in [0, 0.1) is 0 Å². The molecule has 0 spiro atoms. The molecule has 8 nitrogen and oxygen atoms in total. The molecular weight excluding hydrogens is 410 g/mol. The summed E-state index contributed by atoms with van der Waals surface area (Å²) in [4.78, 5) is 49.6. The van der Waals surface area contributed by atoms with Crippen LogP contribution in [0.3, 0.4) is 0 Å². The highest BCUT2D eigenvalue weighted by Crippen LogP contribution is 2.10. The predicted octanol–water partition coefficient (Wildman–Crippen LogP) is 0.893. The van der Waals surface area contributed by atoms with Crippen LogP contribution in [0.25, 0.3) is 0 Å². The highest BCUT2D eigenvalue weighted by atomic mass is 16.5. The number of methoxy groups -OCH3 is 1. The number of benzene rings is 2. The Hall–Kier alpha value is -3.68. The first-order valence-corrected chi connectivity index (χ1v) is 10.5. The molecule has 3 atom stereocenters. The average Bonchev–Trinajstić information content (AvgIpc) is 3.25. The lowest BCUT2D eigenvalue weighted by Crippen LogP contribution is -2.55. The van der Waals surface area contributed by atoms with Crippen LogP contribution in [-0.4, -0.2) is 48.9 Å². The molecule has 0 aliphatic carbocycles. The zero-order valence-corrected chi connectivity index (χ0v) is 17.9. The summed E-state index contributed by atoms with van der Waals surface area (Å²) >= 11 is 0. The van der Waals surface area contributed by atoms with E-state index in [-0.39, 0.29) is 25.2 Å². The van der Waals surface area contributed by atoms with Gasteiger partial charge in [-0.25, -0.2) is 4.79 Å². The Morgan fingerprint density at radius 1 is 0.938 bits per heavy atom. The molecule has 0 bridgehead atoms. The lowest BCUT2D eigenvalue weighted by atomic mass is 10.0. The van der Waals surface area contributed by atoms with E-state index >= 15 is 0 Å². The zero-order valence-electron chi connectivity index (χ0n) is 17.9. The Balaban J connectivity index is 1.74. The summed E-state index contributed by atoms with van der Waals surface area (Å²) in [5.41, 5.74) is 1.71. The SMILES string of the molecule is COC(=O)[C@H](Cc1ccccc1)NC(=O)[C@H](Cc1ccccc1)NC(=O)[C@@H]1CCC(=O)N1. The molecule has 1 heterocycles. The molecule has 1 saturated heterocycles. The van der Waals surface area contributed by atoms with Gasteiger partial charge in [0.2, 0.25) is 17.7 Å². The molecule has 1 aliphatic rings. The number of hydrogen-bond acceptors (Lipinski definition) is 5. The molecule has 168 valence electrons. The standard InChI is InChI=1S/C24H27N3O5/c1-32-24(31)20(15-17-10-6-3-7-11-17)27-23(30)19(14-16-8-4-2-5-9-16)26-22(29)18-12-13-21(28)25-18/h2-11,18-20H,12-15H2,1H3,(H,25,28)(H,26,29)(H,27,30)/t18-,19-,20-/m0/s1. The predicted molar refractivity (Wildman–Crippen MR) is 117 cm³/mol. The molecule has 0 aromatic heterocycles. The quantitative estimate of drug-likeness (QED) is 0.505. The number of ether oxygens (including phenoxy) is 1. The van der Waals surface area contributed by atoms with Crippen molar-refractivity contribution in [2.75, 3.05) is 7.11 Å². The smallest absolute Gasteiger partial charge is 0.328 e. The molecule has 2 aromatic rings. The van der Waals surface area contributed by atoms with Crippen LogP contribution < -0.4 is 16.0 Å². The first kappa shape index (κ1) is 23.0. The number of amides is 3. The monoisotopic (exact) mass is 437 g/mol. The molecule has 0 unspecified atom stereocenters. The van der Waals surface area contributed by atoms with Gasteiger partial charge < -0.3 is 20.7 Å². The molecule has 1 fully saturated rings. The lowest BCUT2D eigenvalue weighted by molar-refractivity contribution is -0.145. The molecule has 8 heteroatoms. The van der Waals surface area contributed by atoms with Crippen molar-refractivity contribution in [2.45, 2.75) is 43.8 Å². The maximum Gasteiger partial charge on any atom is 0.328 e. The maximum atomic E-state index is 13.2. The second-order valence-electron chi connectivity index (χ2n) is 7.68. The molecule has 1 aliphatic heterocycles. The molecule has 32 heavy (non-hydrogen) atoms. The molecule has 0 radical (unpaired) electrons. The lowest BCUT2D eigenvalue weighted by Gasteiger charge is -2.23. The van der Waals surface area contributed by atoms with Gasteiger partial charge in [-0.15, -0.1) is 0 Å². The largest absolute Gasteiger partial charge is 0.467 e. The Labute approximate surface area is 186 Å². The molecule has 3 rings (SSSR count). The summed E-state index contributed by atoms with van der Waals surface area (Å²) in [5.74, 6) is -1.69. The number of carbonyl (C=O) groups excluding carboxylic acids is 4. The fourth-order valence-electron chi connectivity index (χ4n) is 3.60. The summed E-state index contributed by atoms with van der Waals surface area (Å²) in [6, 6.07) is 16.0. The van der Waals surface area contributed by atoms with Gasteiger partial charge in [0.05, 0.1) is 7.11 Å². The minimum absolute atomic E-state index is 0.192. The zero-order chi connectivity index (χ0) is 22.9. The van der Waals surface area contributed by atoms with Crippen LogP contribution in [0.4, 0.5) is 0 Å². The number of esters is 1. The van der Waals surface area contributed by atoms with Crippen LogP contribution in [0.15, 0.2) is 60.7 Å². The normalized spacial score (nSPS) is 17.0. The van der Waals surface area contributed by atoms with Crippen molar-refractivity contribution >= 4 is 23.7 Å². The third-order valence-electron chi connectivity index (χ3n) is 5.31. The number of hydrogen-bond donors (Lipinski definition) is 3. The van der Waals surface area contributed by atoms with E-state index in [1.54, 1.807) is 0 Å². The van der Waals surface area contributed by atoms with Crippen molar-refractivity contribution in [3.8, 4) is 0 Å². The van der Waals surface area contributed by atoms with E-state index in [0.29, 0.717) is 6.42 Å². The minimum atomic E-state index is -0.926. The van der Waals surface area contributed by atoms with Gasteiger partial charge in [-0.2, -0.15) is 0 Å². The second kappa shape index (κ2) is 11.1. The van der Waals surface area contributed by atoms with Crippen molar-refractivity contribution in [1.29, 1.82) is 0 Å². The Bertz CT molecular complexity index is 949. The van der Waals surface area contributed by atoms with Gasteiger partial charge in [-0.05, 0) is 17.5 Å². The third kappa shape index (κ3) is 6.41. The highest BCUT2D eigenvalue weighted by molar-refractivity contribution is 5.95.